The van der Waals surface area contributed by atoms with Gasteiger partial charge in [0.05, 0.1) is 6.54 Å². The number of furan rings is 1. The van der Waals surface area contributed by atoms with Crippen LogP contribution in [-0.4, -0.2) is 18.1 Å². The number of aromatic carboxylic acids is 1. The van der Waals surface area contributed by atoms with E-state index in [4.69, 9.17) is 9.52 Å². The van der Waals surface area contributed by atoms with Crippen LogP contribution in [0.25, 0.3) is 0 Å². The highest BCUT2D eigenvalue weighted by molar-refractivity contribution is 5.84. The summed E-state index contributed by atoms with van der Waals surface area (Å²) >= 11 is 0. The molecule has 4 heteroatoms. The normalized spacial score (nSPS) is 10.3. The number of rotatable bonds is 4. The molecule has 1 aromatic carbocycles. The van der Waals surface area contributed by atoms with Crippen molar-refractivity contribution in [3.8, 4) is 0 Å². The zero-order valence-corrected chi connectivity index (χ0v) is 10.4. The van der Waals surface area contributed by atoms with Crippen LogP contribution in [0, 0.1) is 6.92 Å². The Morgan fingerprint density at radius 2 is 2.00 bits per heavy atom. The highest BCUT2D eigenvalue weighted by atomic mass is 16.4. The van der Waals surface area contributed by atoms with Gasteiger partial charge in [0.15, 0.2) is 0 Å². The number of anilines is 1. The summed E-state index contributed by atoms with van der Waals surface area (Å²) in [6, 6.07) is 11.2. The first-order chi connectivity index (χ1) is 8.58. The molecule has 0 fully saturated rings. The standard InChI is InChI=1S/C14H15NO3/c1-10-5-3-4-6-12(10)15(2)9-11-7-8-13(18-11)14(16)17/h3-8H,9H2,1-2H3,(H,16,17). The quantitative estimate of drug-likeness (QED) is 0.899. The van der Waals surface area contributed by atoms with Crippen LogP contribution in [-0.2, 0) is 6.54 Å². The van der Waals surface area contributed by atoms with Crippen molar-refractivity contribution in [2.24, 2.45) is 0 Å². The zero-order valence-electron chi connectivity index (χ0n) is 10.4. The molecule has 0 aliphatic rings. The van der Waals surface area contributed by atoms with Crippen LogP contribution in [0.4, 0.5) is 5.69 Å². The van der Waals surface area contributed by atoms with Crippen LogP contribution >= 0.6 is 0 Å². The molecule has 2 aromatic rings. The summed E-state index contributed by atoms with van der Waals surface area (Å²) < 4.78 is 5.24. The molecule has 0 saturated heterocycles. The Labute approximate surface area is 105 Å². The van der Waals surface area contributed by atoms with Crippen LogP contribution in [0.15, 0.2) is 40.8 Å². The molecule has 0 unspecified atom stereocenters. The fourth-order valence-corrected chi connectivity index (χ4v) is 1.89. The molecule has 4 nitrogen and oxygen atoms in total. The second kappa shape index (κ2) is 4.96. The second-order valence-corrected chi connectivity index (χ2v) is 4.21. The molecule has 0 saturated carbocycles. The van der Waals surface area contributed by atoms with Gasteiger partial charge in [0, 0.05) is 12.7 Å². The van der Waals surface area contributed by atoms with E-state index in [1.807, 2.05) is 43.1 Å². The average molecular weight is 245 g/mol. The number of hydrogen-bond donors (Lipinski definition) is 1. The Bertz CT molecular complexity index is 560. The van der Waals surface area contributed by atoms with Crippen LogP contribution in [0.3, 0.4) is 0 Å². The molecule has 0 aliphatic carbocycles. The van der Waals surface area contributed by atoms with E-state index in [1.165, 1.54) is 11.6 Å². The summed E-state index contributed by atoms with van der Waals surface area (Å²) in [5, 5.41) is 8.79. The predicted molar refractivity (Wildman–Crippen MR) is 69.0 cm³/mol. The number of para-hydroxylation sites is 1. The maximum Gasteiger partial charge on any atom is 0.371 e. The fraction of sp³-hybridized carbons (Fsp3) is 0.214. The highest BCUT2D eigenvalue weighted by Gasteiger charge is 2.11. The molecule has 0 radical (unpaired) electrons. The molecule has 0 aliphatic heterocycles. The molecular formula is C14H15NO3. The number of carbonyl (C=O) groups is 1. The summed E-state index contributed by atoms with van der Waals surface area (Å²) in [7, 11) is 1.95. The van der Waals surface area contributed by atoms with Crippen molar-refractivity contribution in [1.29, 1.82) is 0 Å². The van der Waals surface area contributed by atoms with Crippen LogP contribution in [0.1, 0.15) is 21.9 Å². The average Bonchev–Trinajstić information content (AvgIpc) is 2.78. The van der Waals surface area contributed by atoms with Gasteiger partial charge in [-0.1, -0.05) is 18.2 Å². The van der Waals surface area contributed by atoms with Gasteiger partial charge in [0.1, 0.15) is 5.76 Å². The van der Waals surface area contributed by atoms with Gasteiger partial charge in [-0.3, -0.25) is 0 Å². The van der Waals surface area contributed by atoms with E-state index in [0.29, 0.717) is 12.3 Å². The van der Waals surface area contributed by atoms with E-state index in [0.717, 1.165) is 5.69 Å². The van der Waals surface area contributed by atoms with Gasteiger partial charge in [0.25, 0.3) is 0 Å². The van der Waals surface area contributed by atoms with E-state index >= 15 is 0 Å². The van der Waals surface area contributed by atoms with E-state index in [-0.39, 0.29) is 5.76 Å². The Hall–Kier alpha value is -2.23. The Morgan fingerprint density at radius 1 is 1.28 bits per heavy atom. The van der Waals surface area contributed by atoms with E-state index in [1.54, 1.807) is 6.07 Å². The maximum absolute atomic E-state index is 10.7. The van der Waals surface area contributed by atoms with Crippen molar-refractivity contribution in [2.45, 2.75) is 13.5 Å². The number of nitrogens with zero attached hydrogens (tertiary/aromatic N) is 1. The van der Waals surface area contributed by atoms with Gasteiger partial charge in [-0.2, -0.15) is 0 Å². The first-order valence-corrected chi connectivity index (χ1v) is 5.66. The van der Waals surface area contributed by atoms with Gasteiger partial charge in [0.2, 0.25) is 5.76 Å². The molecule has 1 N–H and O–H groups in total. The Balaban J connectivity index is 2.13. The lowest BCUT2D eigenvalue weighted by atomic mass is 10.2. The third kappa shape index (κ3) is 2.53. The third-order valence-electron chi connectivity index (χ3n) is 2.79. The number of carboxylic acids is 1. The summed E-state index contributed by atoms with van der Waals surface area (Å²) in [5.74, 6) is -0.430. The van der Waals surface area contributed by atoms with Crippen molar-refractivity contribution in [1.82, 2.24) is 0 Å². The van der Waals surface area contributed by atoms with Gasteiger partial charge in [-0.15, -0.1) is 0 Å². The molecule has 0 spiro atoms. The molecule has 2 rings (SSSR count). The molecule has 0 amide bonds. The van der Waals surface area contributed by atoms with E-state index < -0.39 is 5.97 Å². The first kappa shape index (κ1) is 12.2. The maximum atomic E-state index is 10.7. The van der Waals surface area contributed by atoms with Crippen molar-refractivity contribution >= 4 is 11.7 Å². The van der Waals surface area contributed by atoms with Gasteiger partial charge in [-0.25, -0.2) is 4.79 Å². The van der Waals surface area contributed by atoms with Crippen molar-refractivity contribution in [2.75, 3.05) is 11.9 Å². The summed E-state index contributed by atoms with van der Waals surface area (Å²) in [4.78, 5) is 12.7. The first-order valence-electron chi connectivity index (χ1n) is 5.66. The zero-order chi connectivity index (χ0) is 13.1. The Kier molecular flexibility index (Phi) is 3.37. The van der Waals surface area contributed by atoms with Gasteiger partial charge in [-0.05, 0) is 30.7 Å². The predicted octanol–water partition coefficient (Wildman–Crippen LogP) is 2.92. The number of aryl methyl sites for hydroxylation is 1. The van der Waals surface area contributed by atoms with Crippen LogP contribution < -0.4 is 4.90 Å². The van der Waals surface area contributed by atoms with Crippen LogP contribution in [0.5, 0.6) is 0 Å². The number of hydrogen-bond acceptors (Lipinski definition) is 3. The van der Waals surface area contributed by atoms with E-state index in [2.05, 4.69) is 0 Å². The molecule has 18 heavy (non-hydrogen) atoms. The molecule has 0 bridgehead atoms. The topological polar surface area (TPSA) is 53.7 Å². The SMILES string of the molecule is Cc1ccccc1N(C)Cc1ccc(C(=O)O)o1. The highest BCUT2D eigenvalue weighted by Crippen LogP contribution is 2.20. The van der Waals surface area contributed by atoms with E-state index in [9.17, 15) is 4.79 Å². The lowest BCUT2D eigenvalue weighted by Gasteiger charge is -2.19. The van der Waals surface area contributed by atoms with Gasteiger partial charge < -0.3 is 14.4 Å². The van der Waals surface area contributed by atoms with Gasteiger partial charge >= 0.3 is 5.97 Å². The van der Waals surface area contributed by atoms with Crippen LogP contribution in [0.2, 0.25) is 0 Å². The van der Waals surface area contributed by atoms with Crippen molar-refractivity contribution in [3.63, 3.8) is 0 Å². The molecular weight excluding hydrogens is 230 g/mol. The minimum atomic E-state index is -1.04. The molecule has 1 aromatic heterocycles. The smallest absolute Gasteiger partial charge is 0.371 e. The molecule has 1 heterocycles. The largest absolute Gasteiger partial charge is 0.475 e. The minimum Gasteiger partial charge on any atom is -0.475 e. The lowest BCUT2D eigenvalue weighted by molar-refractivity contribution is 0.0660. The minimum absolute atomic E-state index is 0.0248. The third-order valence-corrected chi connectivity index (χ3v) is 2.79. The lowest BCUT2D eigenvalue weighted by Crippen LogP contribution is -2.16. The second-order valence-electron chi connectivity index (χ2n) is 4.21. The summed E-state index contributed by atoms with van der Waals surface area (Å²) in [5.41, 5.74) is 2.27. The van der Waals surface area contributed by atoms with Crippen molar-refractivity contribution in [3.05, 3.63) is 53.5 Å². The molecule has 0 atom stereocenters. The number of carboxylic acid groups (broad SMARTS) is 1. The molecule has 94 valence electrons. The van der Waals surface area contributed by atoms with Crippen molar-refractivity contribution < 1.29 is 14.3 Å². The monoisotopic (exact) mass is 245 g/mol. The fourth-order valence-electron chi connectivity index (χ4n) is 1.89. The summed E-state index contributed by atoms with van der Waals surface area (Å²) in [6.07, 6.45) is 0. The Morgan fingerprint density at radius 3 is 2.61 bits per heavy atom. The number of benzene rings is 1. The summed E-state index contributed by atoms with van der Waals surface area (Å²) in [6.45, 7) is 2.58.